The number of aliphatic carboxylic acids is 1. The van der Waals surface area contributed by atoms with E-state index in [2.05, 4.69) is 4.98 Å². The molecule has 1 atom stereocenters. The summed E-state index contributed by atoms with van der Waals surface area (Å²) >= 11 is 0.982. The summed E-state index contributed by atoms with van der Waals surface area (Å²) in [5, 5.41) is 8.95. The van der Waals surface area contributed by atoms with Crippen LogP contribution in [0, 0.1) is 0 Å². The van der Waals surface area contributed by atoms with Gasteiger partial charge in [0, 0.05) is 41.1 Å². The summed E-state index contributed by atoms with van der Waals surface area (Å²) in [6.45, 7) is 2.29. The van der Waals surface area contributed by atoms with Crippen LogP contribution >= 0.6 is 11.8 Å². The number of carboxylic acid groups (broad SMARTS) is 1. The molecule has 1 N–H and O–H groups in total. The lowest BCUT2D eigenvalue weighted by molar-refractivity contribution is -0.133. The summed E-state index contributed by atoms with van der Waals surface area (Å²) in [7, 11) is -0.906. The second-order valence-corrected chi connectivity index (χ2v) is 6.16. The van der Waals surface area contributed by atoms with Crippen LogP contribution < -0.4 is 5.56 Å². The van der Waals surface area contributed by atoms with E-state index < -0.39 is 22.3 Å². The van der Waals surface area contributed by atoms with Gasteiger partial charge in [-0.05, 0) is 0 Å². The Hall–Kier alpha value is -1.15. The van der Waals surface area contributed by atoms with E-state index in [-0.39, 0.29) is 5.75 Å². The fourth-order valence-electron chi connectivity index (χ4n) is 1.17. The Balaban J connectivity index is 2.79. The molecule has 0 radical (unpaired) electrons. The van der Waals surface area contributed by atoms with Crippen molar-refractivity contribution in [3.8, 4) is 0 Å². The number of aryl methyl sites for hydroxylation is 1. The van der Waals surface area contributed by atoms with E-state index in [0.29, 0.717) is 23.2 Å². The maximum atomic E-state index is 11.3. The van der Waals surface area contributed by atoms with Gasteiger partial charge >= 0.3 is 5.97 Å². The first-order valence-electron chi connectivity index (χ1n) is 5.30. The third-order valence-electron chi connectivity index (χ3n) is 2.06. The molecule has 8 heteroatoms. The molecule has 0 amide bonds. The number of rotatable bonds is 7. The molecular formula is C10H14N2O4S2. The molecule has 100 valence electrons. The largest absolute Gasteiger partial charge is 0.481 e. The summed E-state index contributed by atoms with van der Waals surface area (Å²) in [5.74, 6) is -0.0953. The number of carbonyl (C=O) groups is 1. The highest BCUT2D eigenvalue weighted by atomic mass is 32.2. The molecule has 1 unspecified atom stereocenters. The molecule has 1 rings (SSSR count). The number of nitrogens with zero attached hydrogens (tertiary/aromatic N) is 2. The lowest BCUT2D eigenvalue weighted by atomic mass is 10.6. The van der Waals surface area contributed by atoms with Gasteiger partial charge in [0.25, 0.3) is 5.56 Å². The van der Waals surface area contributed by atoms with Crippen molar-refractivity contribution >= 4 is 28.5 Å². The van der Waals surface area contributed by atoms with Crippen LogP contribution in [-0.2, 0) is 22.1 Å². The molecule has 0 saturated heterocycles. The zero-order chi connectivity index (χ0) is 13.5. The first-order chi connectivity index (χ1) is 8.52. The predicted molar refractivity (Wildman–Crippen MR) is 70.4 cm³/mol. The van der Waals surface area contributed by atoms with Crippen molar-refractivity contribution in [1.29, 1.82) is 0 Å². The fourth-order valence-corrected chi connectivity index (χ4v) is 2.58. The summed E-state index contributed by atoms with van der Waals surface area (Å²) in [6.07, 6.45) is 1.55. The summed E-state index contributed by atoms with van der Waals surface area (Å²) < 4.78 is 13.0. The number of aromatic nitrogens is 2. The fraction of sp³-hybridized carbons (Fsp3) is 0.500. The van der Waals surface area contributed by atoms with Gasteiger partial charge < -0.3 is 9.67 Å². The zero-order valence-corrected chi connectivity index (χ0v) is 11.5. The highest BCUT2D eigenvalue weighted by Crippen LogP contribution is 2.13. The first kappa shape index (κ1) is 14.9. The number of thioether (sulfide) groups is 1. The molecule has 0 aromatic carbocycles. The lowest BCUT2D eigenvalue weighted by Gasteiger charge is -2.10. The van der Waals surface area contributed by atoms with Gasteiger partial charge in [-0.3, -0.25) is 13.8 Å². The van der Waals surface area contributed by atoms with E-state index >= 15 is 0 Å². The van der Waals surface area contributed by atoms with Crippen LogP contribution in [0.15, 0.2) is 22.2 Å². The molecule has 0 aliphatic rings. The van der Waals surface area contributed by atoms with Crippen LogP contribution in [0.25, 0.3) is 0 Å². The molecule has 0 fully saturated rings. The molecule has 0 bridgehead atoms. The number of carboxylic acids is 1. The SMILES string of the molecule is CCS(=O)CCn1ccc(=O)nc1SCC(=O)O. The van der Waals surface area contributed by atoms with Gasteiger partial charge in [0.1, 0.15) is 0 Å². The van der Waals surface area contributed by atoms with Gasteiger partial charge in [-0.25, -0.2) is 0 Å². The van der Waals surface area contributed by atoms with Gasteiger partial charge in [-0.15, -0.1) is 0 Å². The average Bonchev–Trinajstić information content (AvgIpc) is 2.34. The van der Waals surface area contributed by atoms with E-state index in [1.165, 1.54) is 6.07 Å². The molecule has 1 heterocycles. The van der Waals surface area contributed by atoms with Crippen LogP contribution in [0.2, 0.25) is 0 Å². The van der Waals surface area contributed by atoms with E-state index in [4.69, 9.17) is 5.11 Å². The minimum atomic E-state index is -0.971. The molecule has 18 heavy (non-hydrogen) atoms. The van der Waals surface area contributed by atoms with Gasteiger partial charge in [0.15, 0.2) is 5.16 Å². The van der Waals surface area contributed by atoms with Gasteiger partial charge in [0.05, 0.1) is 5.75 Å². The number of hydrogen-bond acceptors (Lipinski definition) is 5. The highest BCUT2D eigenvalue weighted by Gasteiger charge is 2.07. The monoisotopic (exact) mass is 290 g/mol. The van der Waals surface area contributed by atoms with E-state index in [9.17, 15) is 13.8 Å². The van der Waals surface area contributed by atoms with Crippen molar-refractivity contribution in [3.05, 3.63) is 22.6 Å². The van der Waals surface area contributed by atoms with Crippen molar-refractivity contribution in [1.82, 2.24) is 9.55 Å². The Bertz CT molecular complexity index is 501. The van der Waals surface area contributed by atoms with E-state index in [1.54, 1.807) is 10.8 Å². The molecular weight excluding hydrogens is 276 g/mol. The Labute approximate surface area is 111 Å². The maximum absolute atomic E-state index is 11.3. The summed E-state index contributed by atoms with van der Waals surface area (Å²) in [4.78, 5) is 25.4. The van der Waals surface area contributed by atoms with Crippen molar-refractivity contribution in [2.75, 3.05) is 17.3 Å². The number of hydrogen-bond donors (Lipinski definition) is 1. The Morgan fingerprint density at radius 3 is 2.94 bits per heavy atom. The van der Waals surface area contributed by atoms with Gasteiger partial charge in [0.2, 0.25) is 0 Å². The minimum Gasteiger partial charge on any atom is -0.481 e. The van der Waals surface area contributed by atoms with Crippen LogP contribution in [-0.4, -0.2) is 42.1 Å². The molecule has 0 spiro atoms. The van der Waals surface area contributed by atoms with Crippen LogP contribution in [0.5, 0.6) is 0 Å². The summed E-state index contributed by atoms with van der Waals surface area (Å²) in [5.41, 5.74) is -0.407. The van der Waals surface area contributed by atoms with E-state index in [1.807, 2.05) is 6.92 Å². The molecule has 1 aromatic rings. The molecule has 0 aliphatic carbocycles. The third kappa shape index (κ3) is 5.01. The average molecular weight is 290 g/mol. The minimum absolute atomic E-state index is 0.159. The predicted octanol–water partition coefficient (Wildman–Crippen LogP) is 0.189. The van der Waals surface area contributed by atoms with E-state index in [0.717, 1.165) is 11.8 Å². The van der Waals surface area contributed by atoms with Gasteiger partial charge in [-0.2, -0.15) is 4.98 Å². The first-order valence-corrected chi connectivity index (χ1v) is 7.77. The topological polar surface area (TPSA) is 89.3 Å². The van der Waals surface area contributed by atoms with Crippen molar-refractivity contribution in [2.45, 2.75) is 18.6 Å². The van der Waals surface area contributed by atoms with Crippen LogP contribution in [0.3, 0.4) is 0 Å². The van der Waals surface area contributed by atoms with Crippen molar-refractivity contribution in [3.63, 3.8) is 0 Å². The highest BCUT2D eigenvalue weighted by molar-refractivity contribution is 7.99. The molecule has 6 nitrogen and oxygen atoms in total. The standard InChI is InChI=1S/C10H14N2O4S2/c1-2-18(16)6-5-12-4-3-8(13)11-10(12)17-7-9(14)15/h3-4H,2,5-7H2,1H3,(H,14,15). The normalized spacial score (nSPS) is 12.3. The Morgan fingerprint density at radius 2 is 2.33 bits per heavy atom. The lowest BCUT2D eigenvalue weighted by Crippen LogP contribution is -2.17. The quantitative estimate of drug-likeness (QED) is 0.569. The van der Waals surface area contributed by atoms with Crippen LogP contribution in [0.4, 0.5) is 0 Å². The van der Waals surface area contributed by atoms with Crippen molar-refractivity contribution in [2.24, 2.45) is 0 Å². The maximum Gasteiger partial charge on any atom is 0.313 e. The van der Waals surface area contributed by atoms with Crippen molar-refractivity contribution < 1.29 is 14.1 Å². The smallest absolute Gasteiger partial charge is 0.313 e. The third-order valence-corrected chi connectivity index (χ3v) is 4.31. The van der Waals surface area contributed by atoms with Crippen LogP contribution in [0.1, 0.15) is 6.92 Å². The summed E-state index contributed by atoms with van der Waals surface area (Å²) in [6, 6.07) is 1.31. The Morgan fingerprint density at radius 1 is 1.61 bits per heavy atom. The molecule has 1 aromatic heterocycles. The molecule has 0 saturated carbocycles. The second kappa shape index (κ2) is 7.32. The second-order valence-electron chi connectivity index (χ2n) is 3.36. The Kier molecular flexibility index (Phi) is 6.06. The van der Waals surface area contributed by atoms with Gasteiger partial charge in [-0.1, -0.05) is 18.7 Å². The zero-order valence-electron chi connectivity index (χ0n) is 9.87. The molecule has 0 aliphatic heterocycles.